The third-order valence-corrected chi connectivity index (χ3v) is 4.52. The summed E-state index contributed by atoms with van der Waals surface area (Å²) in [7, 11) is -2.80. The van der Waals surface area contributed by atoms with Crippen molar-refractivity contribution in [2.75, 3.05) is 24.6 Å². The summed E-state index contributed by atoms with van der Waals surface area (Å²) in [5.74, 6) is 0.528. The Balaban J connectivity index is 2.11. The maximum atomic E-state index is 11.4. The SMILES string of the molecule is CC(C)(C)OC(=O)CCNCC1CCS(=O)(=O)C1. The van der Waals surface area contributed by atoms with E-state index in [4.69, 9.17) is 4.74 Å². The van der Waals surface area contributed by atoms with Gasteiger partial charge in [0.15, 0.2) is 9.84 Å². The number of esters is 1. The average molecular weight is 277 g/mol. The fourth-order valence-electron chi connectivity index (χ4n) is 1.92. The van der Waals surface area contributed by atoms with Crippen molar-refractivity contribution >= 4 is 15.8 Å². The lowest BCUT2D eigenvalue weighted by molar-refractivity contribution is -0.154. The lowest BCUT2D eigenvalue weighted by Crippen LogP contribution is -2.29. The molecule has 0 aromatic carbocycles. The molecule has 1 heterocycles. The second-order valence-electron chi connectivity index (χ2n) is 5.81. The topological polar surface area (TPSA) is 72.5 Å². The van der Waals surface area contributed by atoms with E-state index in [-0.39, 0.29) is 17.6 Å². The molecule has 0 bridgehead atoms. The standard InChI is InChI=1S/C12H23NO4S/c1-12(2,3)17-11(14)4-6-13-8-10-5-7-18(15,16)9-10/h10,13H,4-9H2,1-3H3. The minimum Gasteiger partial charge on any atom is -0.460 e. The first kappa shape index (κ1) is 15.4. The van der Waals surface area contributed by atoms with Gasteiger partial charge in [-0.2, -0.15) is 0 Å². The quantitative estimate of drug-likeness (QED) is 0.593. The van der Waals surface area contributed by atoms with Gasteiger partial charge in [0.05, 0.1) is 17.9 Å². The third-order valence-electron chi connectivity index (χ3n) is 2.69. The van der Waals surface area contributed by atoms with Crippen LogP contribution in [0.15, 0.2) is 0 Å². The van der Waals surface area contributed by atoms with E-state index in [1.807, 2.05) is 20.8 Å². The monoisotopic (exact) mass is 277 g/mol. The van der Waals surface area contributed by atoms with E-state index in [0.29, 0.717) is 25.3 Å². The first-order chi connectivity index (χ1) is 8.18. The number of nitrogens with one attached hydrogen (secondary N) is 1. The van der Waals surface area contributed by atoms with Crippen molar-refractivity contribution < 1.29 is 17.9 Å². The van der Waals surface area contributed by atoms with Crippen LogP contribution in [0.3, 0.4) is 0 Å². The van der Waals surface area contributed by atoms with Crippen molar-refractivity contribution in [3.63, 3.8) is 0 Å². The van der Waals surface area contributed by atoms with Gasteiger partial charge >= 0.3 is 5.97 Å². The number of ether oxygens (including phenoxy) is 1. The van der Waals surface area contributed by atoms with E-state index in [2.05, 4.69) is 5.32 Å². The zero-order chi connectivity index (χ0) is 13.8. The lowest BCUT2D eigenvalue weighted by Gasteiger charge is -2.19. The van der Waals surface area contributed by atoms with Gasteiger partial charge in [0.2, 0.25) is 0 Å². The molecule has 0 aromatic heterocycles. The van der Waals surface area contributed by atoms with Crippen LogP contribution in [-0.2, 0) is 19.4 Å². The first-order valence-electron chi connectivity index (χ1n) is 6.31. The highest BCUT2D eigenvalue weighted by Gasteiger charge is 2.27. The number of carbonyl (C=O) groups is 1. The summed E-state index contributed by atoms with van der Waals surface area (Å²) in [4.78, 5) is 11.4. The van der Waals surface area contributed by atoms with Gasteiger partial charge in [-0.15, -0.1) is 0 Å². The van der Waals surface area contributed by atoms with Crippen LogP contribution in [0.4, 0.5) is 0 Å². The number of hydrogen-bond acceptors (Lipinski definition) is 5. The molecule has 18 heavy (non-hydrogen) atoms. The molecule has 1 aliphatic rings. The van der Waals surface area contributed by atoms with Crippen LogP contribution in [0.1, 0.15) is 33.6 Å². The molecule has 1 fully saturated rings. The van der Waals surface area contributed by atoms with E-state index in [1.165, 1.54) is 0 Å². The highest BCUT2D eigenvalue weighted by Crippen LogP contribution is 2.17. The summed E-state index contributed by atoms with van der Waals surface area (Å²) < 4.78 is 27.6. The highest BCUT2D eigenvalue weighted by atomic mass is 32.2. The van der Waals surface area contributed by atoms with Crippen LogP contribution in [0.25, 0.3) is 0 Å². The van der Waals surface area contributed by atoms with E-state index >= 15 is 0 Å². The first-order valence-corrected chi connectivity index (χ1v) is 8.13. The Kier molecular flexibility index (Phi) is 5.16. The number of hydrogen-bond donors (Lipinski definition) is 1. The summed E-state index contributed by atoms with van der Waals surface area (Å²) in [6.45, 7) is 6.69. The summed E-state index contributed by atoms with van der Waals surface area (Å²) in [6, 6.07) is 0. The maximum Gasteiger partial charge on any atom is 0.307 e. The second kappa shape index (κ2) is 6.02. The molecule has 0 amide bonds. The summed E-state index contributed by atoms with van der Waals surface area (Å²) >= 11 is 0. The van der Waals surface area contributed by atoms with Crippen LogP contribution >= 0.6 is 0 Å². The second-order valence-corrected chi connectivity index (χ2v) is 8.04. The minimum absolute atomic E-state index is 0.189. The molecule has 0 aliphatic carbocycles. The molecular weight excluding hydrogens is 254 g/mol. The molecule has 0 radical (unpaired) electrons. The molecular formula is C12H23NO4S. The summed E-state index contributed by atoms with van der Waals surface area (Å²) in [6.07, 6.45) is 1.04. The Hall–Kier alpha value is -0.620. The summed E-state index contributed by atoms with van der Waals surface area (Å²) in [5.41, 5.74) is -0.448. The van der Waals surface area contributed by atoms with Crippen molar-refractivity contribution in [1.82, 2.24) is 5.32 Å². The Bertz CT molecular complexity index is 383. The van der Waals surface area contributed by atoms with E-state index < -0.39 is 15.4 Å². The zero-order valence-corrected chi connectivity index (χ0v) is 12.2. The molecule has 0 spiro atoms. The maximum absolute atomic E-state index is 11.4. The van der Waals surface area contributed by atoms with Crippen LogP contribution in [0.5, 0.6) is 0 Å². The van der Waals surface area contributed by atoms with Crippen molar-refractivity contribution in [1.29, 1.82) is 0 Å². The van der Waals surface area contributed by atoms with Crippen LogP contribution in [-0.4, -0.2) is 44.6 Å². The van der Waals surface area contributed by atoms with Crippen LogP contribution < -0.4 is 5.32 Å². The van der Waals surface area contributed by atoms with E-state index in [9.17, 15) is 13.2 Å². The smallest absolute Gasteiger partial charge is 0.307 e. The normalized spacial score (nSPS) is 22.9. The van der Waals surface area contributed by atoms with Crippen LogP contribution in [0, 0.1) is 5.92 Å². The molecule has 0 saturated carbocycles. The fourth-order valence-corrected chi connectivity index (χ4v) is 3.78. The Morgan fingerprint density at radius 2 is 2.06 bits per heavy atom. The molecule has 106 valence electrons. The predicted molar refractivity (Wildman–Crippen MR) is 70.1 cm³/mol. The average Bonchev–Trinajstić information content (AvgIpc) is 2.50. The van der Waals surface area contributed by atoms with E-state index in [1.54, 1.807) is 0 Å². The molecule has 1 N–H and O–H groups in total. The largest absolute Gasteiger partial charge is 0.460 e. The molecule has 1 atom stereocenters. The lowest BCUT2D eigenvalue weighted by atomic mass is 10.1. The van der Waals surface area contributed by atoms with E-state index in [0.717, 1.165) is 6.42 Å². The van der Waals surface area contributed by atoms with Crippen LogP contribution in [0.2, 0.25) is 0 Å². The Morgan fingerprint density at radius 1 is 1.39 bits per heavy atom. The molecule has 1 unspecified atom stereocenters. The molecule has 1 rings (SSSR count). The Labute approximate surface area is 109 Å². The van der Waals surface area contributed by atoms with Crippen molar-refractivity contribution in [3.8, 4) is 0 Å². The Morgan fingerprint density at radius 3 is 2.56 bits per heavy atom. The highest BCUT2D eigenvalue weighted by molar-refractivity contribution is 7.91. The van der Waals surface area contributed by atoms with Gasteiger partial charge in [0.1, 0.15) is 5.60 Å². The molecule has 1 aliphatic heterocycles. The summed E-state index contributed by atoms with van der Waals surface area (Å²) in [5, 5.41) is 3.12. The third kappa shape index (κ3) is 6.35. The number of carbonyl (C=O) groups excluding carboxylic acids is 1. The zero-order valence-electron chi connectivity index (χ0n) is 11.4. The van der Waals surface area contributed by atoms with Gasteiger partial charge in [0.25, 0.3) is 0 Å². The van der Waals surface area contributed by atoms with Crippen molar-refractivity contribution in [3.05, 3.63) is 0 Å². The number of sulfone groups is 1. The predicted octanol–water partition coefficient (Wildman–Crippen LogP) is 0.742. The van der Waals surface area contributed by atoms with Crippen molar-refractivity contribution in [2.45, 2.75) is 39.2 Å². The molecule has 5 nitrogen and oxygen atoms in total. The number of rotatable bonds is 5. The van der Waals surface area contributed by atoms with Gasteiger partial charge < -0.3 is 10.1 Å². The molecule has 1 saturated heterocycles. The van der Waals surface area contributed by atoms with Gasteiger partial charge in [-0.3, -0.25) is 4.79 Å². The van der Waals surface area contributed by atoms with Gasteiger partial charge in [-0.25, -0.2) is 8.42 Å². The molecule has 6 heteroatoms. The molecule has 0 aromatic rings. The minimum atomic E-state index is -2.80. The fraction of sp³-hybridized carbons (Fsp3) is 0.917. The van der Waals surface area contributed by atoms with Gasteiger partial charge in [0, 0.05) is 6.54 Å². The van der Waals surface area contributed by atoms with Gasteiger partial charge in [-0.1, -0.05) is 0 Å². The van der Waals surface area contributed by atoms with Crippen molar-refractivity contribution in [2.24, 2.45) is 5.92 Å². The van der Waals surface area contributed by atoms with Gasteiger partial charge in [-0.05, 0) is 39.7 Å².